The fourth-order valence-corrected chi connectivity index (χ4v) is 5.48. The summed E-state index contributed by atoms with van der Waals surface area (Å²) in [5.74, 6) is 1.25. The number of amidine groups is 1. The molecule has 2 aliphatic rings. The summed E-state index contributed by atoms with van der Waals surface area (Å²) in [5, 5.41) is 1.59. The SMILES string of the molecule is CCSC1=N[C@H]2CS(=O)(=O)C[C@@H]2N1c1ccc(Cl)cc1. The Kier molecular flexibility index (Phi) is 3.73. The fraction of sp³-hybridized carbons (Fsp3) is 0.462. The lowest BCUT2D eigenvalue weighted by Crippen LogP contribution is -2.39. The van der Waals surface area contributed by atoms with Crippen LogP contribution in [0.1, 0.15) is 6.92 Å². The maximum Gasteiger partial charge on any atom is 0.164 e. The Labute approximate surface area is 128 Å². The molecule has 0 N–H and O–H groups in total. The fourth-order valence-electron chi connectivity index (χ4n) is 2.67. The van der Waals surface area contributed by atoms with Crippen LogP contribution >= 0.6 is 23.4 Å². The molecule has 0 saturated carbocycles. The zero-order chi connectivity index (χ0) is 14.3. The number of nitrogens with zero attached hydrogens (tertiary/aromatic N) is 2. The Morgan fingerprint density at radius 3 is 2.70 bits per heavy atom. The highest BCUT2D eigenvalue weighted by Gasteiger charge is 2.46. The Balaban J connectivity index is 1.97. The lowest BCUT2D eigenvalue weighted by atomic mass is 10.1. The van der Waals surface area contributed by atoms with Crippen LogP contribution < -0.4 is 4.90 Å². The van der Waals surface area contributed by atoms with Gasteiger partial charge in [-0.25, -0.2) is 8.42 Å². The topological polar surface area (TPSA) is 49.7 Å². The van der Waals surface area contributed by atoms with Crippen LogP contribution in [0.3, 0.4) is 0 Å². The van der Waals surface area contributed by atoms with Crippen LogP contribution in [0.4, 0.5) is 5.69 Å². The molecule has 1 aromatic carbocycles. The van der Waals surface area contributed by atoms with Crippen LogP contribution in [0.25, 0.3) is 0 Å². The first-order chi connectivity index (χ1) is 9.50. The summed E-state index contributed by atoms with van der Waals surface area (Å²) in [4.78, 5) is 6.66. The first-order valence-corrected chi connectivity index (χ1v) is 9.64. The van der Waals surface area contributed by atoms with Gasteiger partial charge in [-0.3, -0.25) is 4.99 Å². The van der Waals surface area contributed by atoms with E-state index in [9.17, 15) is 8.42 Å². The minimum Gasteiger partial charge on any atom is -0.315 e. The van der Waals surface area contributed by atoms with E-state index < -0.39 is 9.84 Å². The smallest absolute Gasteiger partial charge is 0.164 e. The molecule has 20 heavy (non-hydrogen) atoms. The third-order valence-corrected chi connectivity index (χ3v) is 6.29. The largest absolute Gasteiger partial charge is 0.315 e. The van der Waals surface area contributed by atoms with Crippen molar-refractivity contribution in [3.8, 4) is 0 Å². The van der Waals surface area contributed by atoms with Gasteiger partial charge in [0.2, 0.25) is 0 Å². The molecule has 1 fully saturated rings. The summed E-state index contributed by atoms with van der Waals surface area (Å²) in [6.07, 6.45) is 0. The van der Waals surface area contributed by atoms with Gasteiger partial charge in [-0.2, -0.15) is 0 Å². The first kappa shape index (κ1) is 14.2. The van der Waals surface area contributed by atoms with Gasteiger partial charge in [0.25, 0.3) is 0 Å². The number of anilines is 1. The van der Waals surface area contributed by atoms with E-state index in [0.29, 0.717) is 5.02 Å². The Morgan fingerprint density at radius 1 is 1.35 bits per heavy atom. The summed E-state index contributed by atoms with van der Waals surface area (Å²) in [5.41, 5.74) is 0.957. The number of sulfone groups is 1. The molecule has 7 heteroatoms. The molecule has 2 heterocycles. The third kappa shape index (κ3) is 2.56. The molecule has 0 unspecified atom stereocenters. The molecule has 108 valence electrons. The third-order valence-electron chi connectivity index (χ3n) is 3.49. The van der Waals surface area contributed by atoms with E-state index in [1.807, 2.05) is 24.3 Å². The number of aliphatic imine (C=N–C) groups is 1. The average molecular weight is 331 g/mol. The molecular weight excluding hydrogens is 316 g/mol. The van der Waals surface area contributed by atoms with Crippen LogP contribution in [0.2, 0.25) is 5.02 Å². The Morgan fingerprint density at radius 2 is 2.05 bits per heavy atom. The molecular formula is C13H15ClN2O2S2. The second-order valence-electron chi connectivity index (χ2n) is 4.90. The minimum absolute atomic E-state index is 0.0739. The van der Waals surface area contributed by atoms with Crippen molar-refractivity contribution in [3.05, 3.63) is 29.3 Å². The van der Waals surface area contributed by atoms with Crippen LogP contribution in [-0.4, -0.2) is 42.9 Å². The van der Waals surface area contributed by atoms with Gasteiger partial charge < -0.3 is 4.90 Å². The lowest BCUT2D eigenvalue weighted by Gasteiger charge is -2.26. The maximum absolute atomic E-state index is 11.8. The van der Waals surface area contributed by atoms with Crippen LogP contribution in [0.5, 0.6) is 0 Å². The van der Waals surface area contributed by atoms with Gasteiger partial charge in [-0.1, -0.05) is 30.3 Å². The number of hydrogen-bond acceptors (Lipinski definition) is 5. The normalized spacial score (nSPS) is 27.5. The van der Waals surface area contributed by atoms with Crippen LogP contribution in [0, 0.1) is 0 Å². The molecule has 0 spiro atoms. The Hall–Kier alpha value is -0.720. The number of fused-ring (bicyclic) bond motifs is 1. The average Bonchev–Trinajstić information content (AvgIpc) is 2.82. The van der Waals surface area contributed by atoms with E-state index in [1.165, 1.54) is 0 Å². The minimum atomic E-state index is -2.98. The molecule has 3 rings (SSSR count). The van der Waals surface area contributed by atoms with Crippen molar-refractivity contribution in [1.29, 1.82) is 0 Å². The monoisotopic (exact) mass is 330 g/mol. The van der Waals surface area contributed by atoms with Crippen molar-refractivity contribution in [2.75, 3.05) is 22.2 Å². The van der Waals surface area contributed by atoms with Crippen molar-refractivity contribution in [2.45, 2.75) is 19.0 Å². The summed E-state index contributed by atoms with van der Waals surface area (Å²) in [7, 11) is -2.98. The lowest BCUT2D eigenvalue weighted by molar-refractivity contribution is 0.601. The number of benzene rings is 1. The van der Waals surface area contributed by atoms with Crippen molar-refractivity contribution >= 4 is 44.1 Å². The second kappa shape index (κ2) is 5.24. The van der Waals surface area contributed by atoms with Gasteiger partial charge in [0.05, 0.1) is 23.6 Å². The van der Waals surface area contributed by atoms with Gasteiger partial charge in [0, 0.05) is 10.7 Å². The number of thioether (sulfide) groups is 1. The molecule has 2 atom stereocenters. The predicted molar refractivity (Wildman–Crippen MR) is 85.7 cm³/mol. The quantitative estimate of drug-likeness (QED) is 0.835. The van der Waals surface area contributed by atoms with E-state index in [2.05, 4.69) is 16.8 Å². The Bertz CT molecular complexity index is 643. The molecule has 0 amide bonds. The summed E-state index contributed by atoms with van der Waals surface area (Å²) < 4.78 is 23.6. The van der Waals surface area contributed by atoms with Gasteiger partial charge in [0.15, 0.2) is 15.0 Å². The highest BCUT2D eigenvalue weighted by Crippen LogP contribution is 2.35. The van der Waals surface area contributed by atoms with E-state index in [0.717, 1.165) is 16.6 Å². The molecule has 0 radical (unpaired) electrons. The van der Waals surface area contributed by atoms with E-state index in [4.69, 9.17) is 11.6 Å². The van der Waals surface area contributed by atoms with Crippen molar-refractivity contribution in [3.63, 3.8) is 0 Å². The van der Waals surface area contributed by atoms with Crippen molar-refractivity contribution < 1.29 is 8.42 Å². The second-order valence-corrected chi connectivity index (χ2v) is 8.72. The van der Waals surface area contributed by atoms with Crippen LogP contribution in [-0.2, 0) is 9.84 Å². The van der Waals surface area contributed by atoms with Gasteiger partial charge in [-0.05, 0) is 30.0 Å². The first-order valence-electron chi connectivity index (χ1n) is 6.46. The summed E-state index contributed by atoms with van der Waals surface area (Å²) in [6, 6.07) is 7.27. The molecule has 0 aliphatic carbocycles. The van der Waals surface area contributed by atoms with E-state index in [-0.39, 0.29) is 23.6 Å². The zero-order valence-corrected chi connectivity index (χ0v) is 13.4. The van der Waals surface area contributed by atoms with Crippen molar-refractivity contribution in [2.24, 2.45) is 4.99 Å². The predicted octanol–water partition coefficient (Wildman–Crippen LogP) is 2.43. The molecule has 1 saturated heterocycles. The number of hydrogen-bond donors (Lipinski definition) is 0. The molecule has 0 aromatic heterocycles. The molecule has 4 nitrogen and oxygen atoms in total. The standard InChI is InChI=1S/C13H15ClN2O2S2/c1-2-19-13-15-11-7-20(17,18)8-12(11)16(13)10-5-3-9(14)4-6-10/h3-6,11-12H,2,7-8H2,1H3/t11-,12-/m0/s1. The van der Waals surface area contributed by atoms with Crippen molar-refractivity contribution in [1.82, 2.24) is 0 Å². The highest BCUT2D eigenvalue weighted by atomic mass is 35.5. The maximum atomic E-state index is 11.8. The van der Waals surface area contributed by atoms with Gasteiger partial charge >= 0.3 is 0 Å². The van der Waals surface area contributed by atoms with E-state index in [1.54, 1.807) is 11.8 Å². The van der Waals surface area contributed by atoms with Crippen LogP contribution in [0.15, 0.2) is 29.3 Å². The number of rotatable bonds is 2. The zero-order valence-electron chi connectivity index (χ0n) is 11.0. The molecule has 0 bridgehead atoms. The molecule has 2 aliphatic heterocycles. The van der Waals surface area contributed by atoms with E-state index >= 15 is 0 Å². The van der Waals surface area contributed by atoms with Gasteiger partial charge in [0.1, 0.15) is 0 Å². The van der Waals surface area contributed by atoms with Gasteiger partial charge in [-0.15, -0.1) is 0 Å². The molecule has 1 aromatic rings. The number of halogens is 1. The summed E-state index contributed by atoms with van der Waals surface area (Å²) >= 11 is 7.57. The summed E-state index contributed by atoms with van der Waals surface area (Å²) in [6.45, 7) is 2.07. The highest BCUT2D eigenvalue weighted by molar-refractivity contribution is 8.14.